The molecule has 0 saturated heterocycles. The molecule has 122 valence electrons. The van der Waals surface area contributed by atoms with E-state index in [1.54, 1.807) is 13.3 Å². The molecule has 7 heteroatoms. The minimum absolute atomic E-state index is 0.371. The predicted octanol–water partition coefficient (Wildman–Crippen LogP) is 4.33. The molecule has 0 aliphatic carbocycles. The van der Waals surface area contributed by atoms with Gasteiger partial charge in [-0.15, -0.1) is 5.10 Å². The lowest BCUT2D eigenvalue weighted by Crippen LogP contribution is -2.03. The van der Waals surface area contributed by atoms with E-state index in [9.17, 15) is 0 Å². The van der Waals surface area contributed by atoms with Gasteiger partial charge in [-0.3, -0.25) is 0 Å². The van der Waals surface area contributed by atoms with Gasteiger partial charge in [-0.1, -0.05) is 23.7 Å². The molecule has 0 unspecified atom stereocenters. The fraction of sp³-hybridized carbons (Fsp3) is 0.118. The largest absolute Gasteiger partial charge is 0.495 e. The van der Waals surface area contributed by atoms with Gasteiger partial charge in [0.05, 0.1) is 19.0 Å². The summed E-state index contributed by atoms with van der Waals surface area (Å²) in [5, 5.41) is 15.0. The van der Waals surface area contributed by atoms with Crippen LogP contribution in [0.3, 0.4) is 0 Å². The Morgan fingerprint density at radius 1 is 1.04 bits per heavy atom. The van der Waals surface area contributed by atoms with Crippen molar-refractivity contribution in [3.63, 3.8) is 0 Å². The first-order chi connectivity index (χ1) is 11.7. The summed E-state index contributed by atoms with van der Waals surface area (Å²) in [7, 11) is 1.61. The van der Waals surface area contributed by atoms with Crippen LogP contribution in [0.25, 0.3) is 0 Å². The predicted molar refractivity (Wildman–Crippen MR) is 95.6 cm³/mol. The number of aromatic nitrogens is 3. The molecule has 1 heterocycles. The Balaban J connectivity index is 1.81. The number of halogens is 1. The third kappa shape index (κ3) is 3.72. The molecule has 0 atom stereocenters. The monoisotopic (exact) mass is 341 g/mol. The maximum atomic E-state index is 5.98. The number of ether oxygens (including phenoxy) is 1. The second kappa shape index (κ2) is 7.14. The maximum absolute atomic E-state index is 5.98. The first-order valence-electron chi connectivity index (χ1n) is 7.28. The fourth-order valence-corrected chi connectivity index (χ4v) is 2.42. The smallest absolute Gasteiger partial charge is 0.249 e. The lowest BCUT2D eigenvalue weighted by Gasteiger charge is -2.11. The van der Waals surface area contributed by atoms with Gasteiger partial charge in [0.2, 0.25) is 5.95 Å². The summed E-state index contributed by atoms with van der Waals surface area (Å²) in [6, 6.07) is 13.1. The molecule has 24 heavy (non-hydrogen) atoms. The van der Waals surface area contributed by atoms with Crippen LogP contribution in [-0.2, 0) is 0 Å². The average molecular weight is 342 g/mol. The van der Waals surface area contributed by atoms with Crippen molar-refractivity contribution < 1.29 is 4.74 Å². The molecule has 0 radical (unpaired) electrons. The minimum Gasteiger partial charge on any atom is -0.495 e. The number of hydrogen-bond donors (Lipinski definition) is 2. The molecule has 1 aromatic heterocycles. The van der Waals surface area contributed by atoms with Crippen molar-refractivity contribution in [1.82, 2.24) is 15.2 Å². The van der Waals surface area contributed by atoms with Gasteiger partial charge in [0, 0.05) is 10.7 Å². The van der Waals surface area contributed by atoms with Crippen LogP contribution in [0.5, 0.6) is 5.75 Å². The zero-order valence-corrected chi connectivity index (χ0v) is 14.0. The van der Waals surface area contributed by atoms with Crippen molar-refractivity contribution in [3.8, 4) is 5.75 Å². The SMILES string of the molecule is COc1ccccc1Nc1nncc(Nc2ccc(Cl)cc2C)n1. The standard InChI is InChI=1S/C17H16ClN5O/c1-11-9-12(18)7-8-13(11)20-16-10-19-23-17(22-16)21-14-5-3-4-6-15(14)24-2/h3-10H,1-2H3,(H2,20,21,22,23). The Bertz CT molecular complexity index is 856. The highest BCUT2D eigenvalue weighted by atomic mass is 35.5. The van der Waals surface area contributed by atoms with Crippen LogP contribution in [0.2, 0.25) is 5.02 Å². The number of rotatable bonds is 5. The topological polar surface area (TPSA) is 72.0 Å². The summed E-state index contributed by atoms with van der Waals surface area (Å²) in [4.78, 5) is 4.42. The molecule has 0 aliphatic rings. The van der Waals surface area contributed by atoms with Crippen LogP contribution in [0.1, 0.15) is 5.56 Å². The summed E-state index contributed by atoms with van der Waals surface area (Å²) >= 11 is 5.98. The van der Waals surface area contributed by atoms with Crippen LogP contribution in [-0.4, -0.2) is 22.3 Å². The summed E-state index contributed by atoms with van der Waals surface area (Å²) in [6.07, 6.45) is 1.56. The summed E-state index contributed by atoms with van der Waals surface area (Å²) in [5.41, 5.74) is 2.69. The minimum atomic E-state index is 0.371. The van der Waals surface area contributed by atoms with Crippen molar-refractivity contribution in [1.29, 1.82) is 0 Å². The molecule has 0 aliphatic heterocycles. The van der Waals surface area contributed by atoms with Crippen molar-refractivity contribution in [2.75, 3.05) is 17.7 Å². The first-order valence-corrected chi connectivity index (χ1v) is 7.66. The quantitative estimate of drug-likeness (QED) is 0.719. The second-order valence-corrected chi connectivity index (χ2v) is 5.51. The van der Waals surface area contributed by atoms with E-state index in [1.807, 2.05) is 49.4 Å². The first kappa shape index (κ1) is 16.0. The highest BCUT2D eigenvalue weighted by molar-refractivity contribution is 6.30. The van der Waals surface area contributed by atoms with Crippen molar-refractivity contribution in [3.05, 3.63) is 59.2 Å². The number of nitrogens with one attached hydrogen (secondary N) is 2. The van der Waals surface area contributed by atoms with Gasteiger partial charge in [-0.05, 0) is 42.8 Å². The van der Waals surface area contributed by atoms with E-state index in [0.29, 0.717) is 22.5 Å². The molecule has 0 amide bonds. The Hall–Kier alpha value is -2.86. The van der Waals surface area contributed by atoms with E-state index >= 15 is 0 Å². The molecular weight excluding hydrogens is 326 g/mol. The zero-order valence-electron chi connectivity index (χ0n) is 13.2. The normalized spacial score (nSPS) is 10.3. The third-order valence-electron chi connectivity index (χ3n) is 3.36. The number of aryl methyl sites for hydroxylation is 1. The highest BCUT2D eigenvalue weighted by Crippen LogP contribution is 2.26. The molecule has 0 bridgehead atoms. The van der Waals surface area contributed by atoms with E-state index < -0.39 is 0 Å². The molecule has 3 rings (SSSR count). The van der Waals surface area contributed by atoms with Crippen LogP contribution < -0.4 is 15.4 Å². The molecule has 0 fully saturated rings. The van der Waals surface area contributed by atoms with Crippen LogP contribution >= 0.6 is 11.6 Å². The number of nitrogens with zero attached hydrogens (tertiary/aromatic N) is 3. The van der Waals surface area contributed by atoms with Gasteiger partial charge in [0.25, 0.3) is 0 Å². The molecule has 0 spiro atoms. The molecule has 6 nitrogen and oxygen atoms in total. The number of para-hydroxylation sites is 2. The van der Waals surface area contributed by atoms with Crippen molar-refractivity contribution in [2.24, 2.45) is 0 Å². The van der Waals surface area contributed by atoms with Gasteiger partial charge >= 0.3 is 0 Å². The van der Waals surface area contributed by atoms with Crippen molar-refractivity contribution in [2.45, 2.75) is 6.92 Å². The summed E-state index contributed by atoms with van der Waals surface area (Å²) in [6.45, 7) is 1.97. The molecular formula is C17H16ClN5O. The Labute approximate surface area is 144 Å². The lowest BCUT2D eigenvalue weighted by atomic mass is 10.2. The fourth-order valence-electron chi connectivity index (χ4n) is 2.19. The number of anilines is 4. The molecule has 2 aromatic carbocycles. The van der Waals surface area contributed by atoms with Gasteiger partial charge in [-0.25, -0.2) is 0 Å². The van der Waals surface area contributed by atoms with Crippen molar-refractivity contribution >= 4 is 34.7 Å². The van der Waals surface area contributed by atoms with Crippen LogP contribution in [0.4, 0.5) is 23.1 Å². The molecule has 0 saturated carbocycles. The van der Waals surface area contributed by atoms with Gasteiger partial charge in [0.15, 0.2) is 5.82 Å². The second-order valence-electron chi connectivity index (χ2n) is 5.07. The van der Waals surface area contributed by atoms with E-state index in [0.717, 1.165) is 16.9 Å². The van der Waals surface area contributed by atoms with E-state index in [4.69, 9.17) is 16.3 Å². The highest BCUT2D eigenvalue weighted by Gasteiger charge is 2.07. The Morgan fingerprint density at radius 2 is 1.88 bits per heavy atom. The van der Waals surface area contributed by atoms with Crippen LogP contribution in [0, 0.1) is 6.92 Å². The number of benzene rings is 2. The molecule has 2 N–H and O–H groups in total. The van der Waals surface area contributed by atoms with E-state index in [2.05, 4.69) is 25.8 Å². The number of hydrogen-bond acceptors (Lipinski definition) is 6. The average Bonchev–Trinajstić information content (AvgIpc) is 2.58. The van der Waals surface area contributed by atoms with Gasteiger partial charge < -0.3 is 15.4 Å². The lowest BCUT2D eigenvalue weighted by molar-refractivity contribution is 0.417. The summed E-state index contributed by atoms with van der Waals surface area (Å²) in [5.74, 6) is 1.65. The third-order valence-corrected chi connectivity index (χ3v) is 3.60. The van der Waals surface area contributed by atoms with E-state index in [1.165, 1.54) is 0 Å². The van der Waals surface area contributed by atoms with Gasteiger partial charge in [0.1, 0.15) is 5.75 Å². The van der Waals surface area contributed by atoms with Crippen LogP contribution in [0.15, 0.2) is 48.7 Å². The van der Waals surface area contributed by atoms with E-state index in [-0.39, 0.29) is 0 Å². The maximum Gasteiger partial charge on any atom is 0.249 e. The number of methoxy groups -OCH3 is 1. The molecule has 3 aromatic rings. The Morgan fingerprint density at radius 3 is 2.67 bits per heavy atom. The zero-order chi connectivity index (χ0) is 16.9. The Kier molecular flexibility index (Phi) is 4.77. The van der Waals surface area contributed by atoms with Gasteiger partial charge in [-0.2, -0.15) is 10.1 Å². The summed E-state index contributed by atoms with van der Waals surface area (Å²) < 4.78 is 5.30.